The molecule has 0 amide bonds. The van der Waals surface area contributed by atoms with Crippen molar-refractivity contribution >= 4 is 26.5 Å². The smallest absolute Gasteiger partial charge is 0.297 e. The average molecular weight is 365 g/mol. The second-order valence-electron chi connectivity index (χ2n) is 5.84. The minimum atomic E-state index is -4.32. The third kappa shape index (κ3) is 5.57. The molecule has 0 saturated heterocycles. The Morgan fingerprint density at radius 3 is 2.26 bits per heavy atom. The Kier molecular flexibility index (Phi) is 5.57. The minimum Gasteiger partial charge on any atom is -0.623 e. The van der Waals surface area contributed by atoms with E-state index < -0.39 is 31.5 Å². The Morgan fingerprint density at radius 1 is 1.26 bits per heavy atom. The van der Waals surface area contributed by atoms with E-state index in [4.69, 9.17) is 4.55 Å². The fourth-order valence-electron chi connectivity index (χ4n) is 1.61. The fraction of sp³-hybridized carbons (Fsp3) is 0.462. The van der Waals surface area contributed by atoms with E-state index in [2.05, 4.69) is 4.18 Å². The number of hydroxylamine groups is 1. The molecule has 0 unspecified atom stereocenters. The van der Waals surface area contributed by atoms with Gasteiger partial charge in [0.15, 0.2) is 11.8 Å². The van der Waals surface area contributed by atoms with Gasteiger partial charge in [-0.25, -0.2) is 4.74 Å². The lowest BCUT2D eigenvalue weighted by molar-refractivity contribution is -0.530. The van der Waals surface area contributed by atoms with Crippen LogP contribution >= 0.6 is 0 Å². The van der Waals surface area contributed by atoms with Crippen molar-refractivity contribution in [3.05, 3.63) is 34.5 Å². The first-order valence-electron chi connectivity index (χ1n) is 6.46. The van der Waals surface area contributed by atoms with Crippen LogP contribution in [0, 0.1) is 5.21 Å². The molecule has 8 nitrogen and oxygen atoms in total. The van der Waals surface area contributed by atoms with E-state index in [1.807, 2.05) is 0 Å². The maximum Gasteiger partial charge on any atom is 0.297 e. The van der Waals surface area contributed by atoms with Crippen LogP contribution in [0.5, 0.6) is 0 Å². The van der Waals surface area contributed by atoms with E-state index in [-0.39, 0.29) is 16.0 Å². The van der Waals surface area contributed by atoms with Crippen LogP contribution in [0.15, 0.2) is 23.1 Å². The molecule has 130 valence electrons. The van der Waals surface area contributed by atoms with Gasteiger partial charge in [0.25, 0.3) is 20.2 Å². The highest BCUT2D eigenvalue weighted by Gasteiger charge is 2.23. The SMILES string of the molecule is COS(=O)(=O)c1cc(CS(=O)(=O)O)ccc1C=[N+]([O-])C(C)(C)C. The molecule has 0 aliphatic rings. The van der Waals surface area contributed by atoms with Crippen molar-refractivity contribution in [2.75, 3.05) is 7.11 Å². The first kappa shape index (κ1) is 19.6. The van der Waals surface area contributed by atoms with Crippen LogP contribution in [-0.2, 0) is 30.2 Å². The lowest BCUT2D eigenvalue weighted by Crippen LogP contribution is -2.29. The highest BCUT2D eigenvalue weighted by atomic mass is 32.2. The van der Waals surface area contributed by atoms with Crippen molar-refractivity contribution in [2.24, 2.45) is 0 Å². The molecule has 0 bridgehead atoms. The molecule has 0 aliphatic heterocycles. The summed E-state index contributed by atoms with van der Waals surface area (Å²) in [6.07, 6.45) is 1.09. The van der Waals surface area contributed by atoms with Crippen LogP contribution in [0.3, 0.4) is 0 Å². The van der Waals surface area contributed by atoms with E-state index in [1.165, 1.54) is 12.1 Å². The summed E-state index contributed by atoms with van der Waals surface area (Å²) in [5.41, 5.74) is -0.689. The molecule has 1 N–H and O–H groups in total. The predicted octanol–water partition coefficient (Wildman–Crippen LogP) is 1.14. The summed E-state index contributed by atoms with van der Waals surface area (Å²) in [5.74, 6) is -0.750. The molecule has 23 heavy (non-hydrogen) atoms. The predicted molar refractivity (Wildman–Crippen MR) is 84.4 cm³/mol. The minimum absolute atomic E-state index is 0.0495. The van der Waals surface area contributed by atoms with Gasteiger partial charge in [-0.05, 0) is 17.7 Å². The van der Waals surface area contributed by atoms with Gasteiger partial charge < -0.3 is 5.21 Å². The van der Waals surface area contributed by atoms with E-state index >= 15 is 0 Å². The Morgan fingerprint density at radius 2 is 1.83 bits per heavy atom. The molecule has 1 rings (SSSR count). The maximum atomic E-state index is 12.0. The highest BCUT2D eigenvalue weighted by Crippen LogP contribution is 2.20. The van der Waals surface area contributed by atoms with Crippen LogP contribution < -0.4 is 0 Å². The van der Waals surface area contributed by atoms with Gasteiger partial charge in [0.2, 0.25) is 0 Å². The molecular formula is C13H19NO7S2. The molecule has 0 heterocycles. The van der Waals surface area contributed by atoms with Crippen LogP contribution in [-0.4, -0.2) is 45.0 Å². The largest absolute Gasteiger partial charge is 0.623 e. The van der Waals surface area contributed by atoms with Gasteiger partial charge in [0, 0.05) is 20.8 Å². The Labute approximate surface area is 135 Å². The second-order valence-corrected chi connectivity index (χ2v) is 8.98. The molecule has 0 aliphatic carbocycles. The summed E-state index contributed by atoms with van der Waals surface area (Å²) in [4.78, 5) is -0.355. The first-order valence-corrected chi connectivity index (χ1v) is 9.48. The van der Waals surface area contributed by atoms with Crippen LogP contribution in [0.25, 0.3) is 0 Å². The van der Waals surface area contributed by atoms with E-state index in [1.54, 1.807) is 20.8 Å². The first-order chi connectivity index (χ1) is 10.3. The lowest BCUT2D eigenvalue weighted by Gasteiger charge is -2.19. The zero-order valence-corrected chi connectivity index (χ0v) is 14.8. The molecule has 0 fully saturated rings. The van der Waals surface area contributed by atoms with Crippen LogP contribution in [0.4, 0.5) is 0 Å². The van der Waals surface area contributed by atoms with Gasteiger partial charge in [0.05, 0.1) is 12.7 Å². The Balaban J connectivity index is 3.54. The van der Waals surface area contributed by atoms with Gasteiger partial charge in [-0.1, -0.05) is 6.07 Å². The van der Waals surface area contributed by atoms with E-state index in [0.717, 1.165) is 19.4 Å². The van der Waals surface area contributed by atoms with Crippen molar-refractivity contribution in [3.8, 4) is 0 Å². The van der Waals surface area contributed by atoms with E-state index in [9.17, 15) is 22.0 Å². The standard InChI is InChI=1S/C13H19NO7S2/c1-13(2,3)14(15)8-11-6-5-10(9-22(16,17)18)7-12(11)23(19,20)21-4/h5-8H,9H2,1-4H3,(H,16,17,18). The van der Waals surface area contributed by atoms with Crippen LogP contribution in [0.2, 0.25) is 0 Å². The molecule has 1 aromatic carbocycles. The molecule has 0 atom stereocenters. The zero-order chi connectivity index (χ0) is 18.1. The van der Waals surface area contributed by atoms with Gasteiger partial charge in [0.1, 0.15) is 10.6 Å². The number of nitrogens with zero attached hydrogens (tertiary/aromatic N) is 1. The zero-order valence-electron chi connectivity index (χ0n) is 13.2. The van der Waals surface area contributed by atoms with Crippen molar-refractivity contribution in [1.29, 1.82) is 0 Å². The fourth-order valence-corrected chi connectivity index (χ4v) is 3.10. The highest BCUT2D eigenvalue weighted by molar-refractivity contribution is 7.87. The molecule has 0 radical (unpaired) electrons. The van der Waals surface area contributed by atoms with Gasteiger partial charge in [-0.15, -0.1) is 0 Å². The van der Waals surface area contributed by atoms with Crippen molar-refractivity contribution < 1.29 is 30.3 Å². The maximum absolute atomic E-state index is 12.0. The summed E-state index contributed by atoms with van der Waals surface area (Å²) in [5, 5.41) is 12.0. The molecule has 0 saturated carbocycles. The Bertz CT molecular complexity index is 818. The van der Waals surface area contributed by atoms with Crippen LogP contribution in [0.1, 0.15) is 31.9 Å². The number of hydrogen-bond acceptors (Lipinski definition) is 6. The molecular weight excluding hydrogens is 346 g/mol. The third-order valence-electron chi connectivity index (χ3n) is 2.83. The number of hydrogen-bond donors (Lipinski definition) is 1. The second kappa shape index (κ2) is 6.56. The molecule has 0 spiro atoms. The molecule has 1 aromatic rings. The summed E-state index contributed by atoms with van der Waals surface area (Å²) < 4.78 is 59.7. The van der Waals surface area contributed by atoms with Gasteiger partial charge in [-0.3, -0.25) is 8.74 Å². The topological polar surface area (TPSA) is 124 Å². The van der Waals surface area contributed by atoms with Crippen molar-refractivity contribution in [1.82, 2.24) is 0 Å². The number of rotatable bonds is 5. The quantitative estimate of drug-likeness (QED) is 0.207. The van der Waals surface area contributed by atoms with Gasteiger partial charge >= 0.3 is 0 Å². The van der Waals surface area contributed by atoms with Crippen molar-refractivity contribution in [2.45, 2.75) is 37.0 Å². The van der Waals surface area contributed by atoms with E-state index in [0.29, 0.717) is 4.74 Å². The summed E-state index contributed by atoms with van der Waals surface area (Å²) in [6.45, 7) is 4.94. The Hall–Kier alpha value is -1.49. The molecule has 10 heteroatoms. The van der Waals surface area contributed by atoms with Gasteiger partial charge in [-0.2, -0.15) is 16.8 Å². The summed E-state index contributed by atoms with van der Waals surface area (Å²) in [7, 11) is -7.54. The normalized spacial score (nSPS) is 14.0. The molecule has 0 aromatic heterocycles. The lowest BCUT2D eigenvalue weighted by atomic mass is 10.1. The third-order valence-corrected chi connectivity index (χ3v) is 4.86. The van der Waals surface area contributed by atoms with Crippen molar-refractivity contribution in [3.63, 3.8) is 0 Å². The summed E-state index contributed by atoms with van der Waals surface area (Å²) >= 11 is 0. The average Bonchev–Trinajstić information content (AvgIpc) is 2.37. The monoisotopic (exact) mass is 365 g/mol. The summed E-state index contributed by atoms with van der Waals surface area (Å²) in [6, 6.07) is 3.64. The number of benzene rings is 1.